The minimum Gasteiger partial charge on any atom is -0.391 e. The first-order chi connectivity index (χ1) is 14.7. The Morgan fingerprint density at radius 3 is 2.00 bits per heavy atom. The summed E-state index contributed by atoms with van der Waals surface area (Å²) >= 11 is 0. The molecule has 0 aromatic heterocycles. The van der Waals surface area contributed by atoms with E-state index in [1.807, 2.05) is 43.4 Å². The van der Waals surface area contributed by atoms with E-state index in [1.54, 1.807) is 0 Å². The molecule has 2 N–H and O–H groups in total. The Morgan fingerprint density at radius 2 is 1.47 bits per heavy atom. The maximum atomic E-state index is 10.2. The normalized spacial score (nSPS) is 24.8. The lowest BCUT2D eigenvalue weighted by Gasteiger charge is -2.27. The molecule has 2 aromatic carbocycles. The van der Waals surface area contributed by atoms with Gasteiger partial charge in [-0.3, -0.25) is 0 Å². The molecule has 3 rings (SSSR count). The minimum absolute atomic E-state index is 0.00307. The molecular weight excluding hydrogens is 378 g/mol. The minimum atomic E-state index is -0.452. The monoisotopic (exact) mass is 413 g/mol. The number of aliphatic hydroxyl groups is 1. The van der Waals surface area contributed by atoms with Gasteiger partial charge in [-0.1, -0.05) is 74.0 Å². The largest absolute Gasteiger partial charge is 0.391 e. The van der Waals surface area contributed by atoms with Crippen molar-refractivity contribution in [3.63, 3.8) is 0 Å². The predicted octanol–water partition coefficient (Wildman–Crippen LogP) is 3.70. The average molecular weight is 414 g/mol. The number of aliphatic hydroxyl groups excluding tert-OH is 1. The van der Waals surface area contributed by atoms with Crippen LogP contribution in [0.3, 0.4) is 0 Å². The molecule has 5 atom stereocenters. The van der Waals surface area contributed by atoms with Gasteiger partial charge in [0.05, 0.1) is 44.2 Å². The summed E-state index contributed by atoms with van der Waals surface area (Å²) in [5, 5.41) is 13.5. The molecule has 1 aliphatic carbocycles. The van der Waals surface area contributed by atoms with Crippen LogP contribution in [-0.2, 0) is 27.4 Å². The molecule has 30 heavy (non-hydrogen) atoms. The van der Waals surface area contributed by atoms with E-state index in [2.05, 4.69) is 36.5 Å². The van der Waals surface area contributed by atoms with Gasteiger partial charge in [0, 0.05) is 6.42 Å². The number of benzene rings is 2. The van der Waals surface area contributed by atoms with Crippen LogP contribution in [0.15, 0.2) is 60.7 Å². The summed E-state index contributed by atoms with van der Waals surface area (Å²) in [7, 11) is 1.93. The lowest BCUT2D eigenvalue weighted by molar-refractivity contribution is -0.0910. The van der Waals surface area contributed by atoms with Gasteiger partial charge in [0.1, 0.15) is 6.10 Å². The molecule has 1 saturated carbocycles. The summed E-state index contributed by atoms with van der Waals surface area (Å²) in [5.74, 6) is 0. The number of hydrogen-bond acceptors (Lipinski definition) is 5. The zero-order chi connectivity index (χ0) is 21.2. The van der Waals surface area contributed by atoms with Gasteiger partial charge in [-0.15, -0.1) is 0 Å². The highest BCUT2D eigenvalue weighted by Crippen LogP contribution is 2.30. The second-order valence-corrected chi connectivity index (χ2v) is 7.96. The Labute approximate surface area is 180 Å². The summed E-state index contributed by atoms with van der Waals surface area (Å²) in [4.78, 5) is 0. The van der Waals surface area contributed by atoms with Gasteiger partial charge in [0.2, 0.25) is 0 Å². The maximum Gasteiger partial charge on any atom is 0.102 e. The van der Waals surface area contributed by atoms with Crippen molar-refractivity contribution in [3.05, 3.63) is 71.8 Å². The fourth-order valence-corrected chi connectivity index (χ4v) is 4.04. The lowest BCUT2D eigenvalue weighted by atomic mass is 10.1. The molecule has 0 saturated heterocycles. The van der Waals surface area contributed by atoms with Crippen molar-refractivity contribution in [2.75, 3.05) is 13.7 Å². The molecule has 1 fully saturated rings. The molecule has 0 bridgehead atoms. The quantitative estimate of drug-likeness (QED) is 0.556. The van der Waals surface area contributed by atoms with E-state index in [-0.39, 0.29) is 24.4 Å². The molecular formula is C25H35NO4. The smallest absolute Gasteiger partial charge is 0.102 e. The van der Waals surface area contributed by atoms with Crippen LogP contribution in [0, 0.1) is 0 Å². The van der Waals surface area contributed by atoms with E-state index in [0.717, 1.165) is 30.4 Å². The van der Waals surface area contributed by atoms with Crippen molar-refractivity contribution in [2.24, 2.45) is 0 Å². The van der Waals surface area contributed by atoms with Gasteiger partial charge in [0.25, 0.3) is 0 Å². The predicted molar refractivity (Wildman–Crippen MR) is 118 cm³/mol. The van der Waals surface area contributed by atoms with Crippen molar-refractivity contribution in [3.8, 4) is 0 Å². The SMILES string of the molecule is CCCC(O)CO[C@H]1[C@H](NC)[C@@H](OCc2ccccc2)C[C@H]1OCc1ccccc1. The Hall–Kier alpha value is -1.76. The molecule has 5 heteroatoms. The summed E-state index contributed by atoms with van der Waals surface area (Å²) in [6.07, 6.45) is 1.67. The first-order valence-electron chi connectivity index (χ1n) is 11.0. The van der Waals surface area contributed by atoms with Crippen LogP contribution in [0.4, 0.5) is 0 Å². The lowest BCUT2D eigenvalue weighted by Crippen LogP contribution is -2.46. The molecule has 164 valence electrons. The molecule has 0 spiro atoms. The van der Waals surface area contributed by atoms with Crippen LogP contribution < -0.4 is 5.32 Å². The van der Waals surface area contributed by atoms with Crippen LogP contribution in [-0.4, -0.2) is 49.2 Å². The number of nitrogens with one attached hydrogen (secondary N) is 1. The van der Waals surface area contributed by atoms with E-state index < -0.39 is 6.10 Å². The molecule has 0 radical (unpaired) electrons. The highest BCUT2D eigenvalue weighted by atomic mass is 16.6. The van der Waals surface area contributed by atoms with Crippen molar-refractivity contribution in [1.29, 1.82) is 0 Å². The molecule has 1 aliphatic rings. The third kappa shape index (κ3) is 6.62. The van der Waals surface area contributed by atoms with Gasteiger partial charge in [-0.25, -0.2) is 0 Å². The summed E-state index contributed by atoms with van der Waals surface area (Å²) in [6, 6.07) is 20.4. The van der Waals surface area contributed by atoms with Crippen LogP contribution in [0.2, 0.25) is 0 Å². The molecule has 2 aromatic rings. The van der Waals surface area contributed by atoms with Gasteiger partial charge in [-0.2, -0.15) is 0 Å². The number of hydrogen-bond donors (Lipinski definition) is 2. The molecule has 0 amide bonds. The van der Waals surface area contributed by atoms with Crippen LogP contribution in [0.25, 0.3) is 0 Å². The van der Waals surface area contributed by atoms with Crippen molar-refractivity contribution < 1.29 is 19.3 Å². The number of ether oxygens (including phenoxy) is 3. The first kappa shape index (κ1) is 22.9. The second kappa shape index (κ2) is 12.2. The van der Waals surface area contributed by atoms with Gasteiger partial charge in [-0.05, 0) is 24.6 Å². The molecule has 5 nitrogen and oxygen atoms in total. The first-order valence-corrected chi connectivity index (χ1v) is 11.0. The van der Waals surface area contributed by atoms with Crippen LogP contribution >= 0.6 is 0 Å². The van der Waals surface area contributed by atoms with Crippen molar-refractivity contribution in [2.45, 2.75) is 69.9 Å². The van der Waals surface area contributed by atoms with Crippen LogP contribution in [0.1, 0.15) is 37.3 Å². The average Bonchev–Trinajstić information content (AvgIpc) is 3.13. The van der Waals surface area contributed by atoms with E-state index in [0.29, 0.717) is 19.8 Å². The summed E-state index contributed by atoms with van der Waals surface area (Å²) < 4.78 is 18.7. The third-order valence-electron chi connectivity index (χ3n) is 5.64. The second-order valence-electron chi connectivity index (χ2n) is 7.96. The summed E-state index contributed by atoms with van der Waals surface area (Å²) in [5.41, 5.74) is 2.29. The number of rotatable bonds is 12. The van der Waals surface area contributed by atoms with Crippen molar-refractivity contribution >= 4 is 0 Å². The Kier molecular flexibility index (Phi) is 9.30. The van der Waals surface area contributed by atoms with Gasteiger partial charge >= 0.3 is 0 Å². The van der Waals surface area contributed by atoms with E-state index in [9.17, 15) is 5.11 Å². The Bertz CT molecular complexity index is 712. The Morgan fingerprint density at radius 1 is 0.900 bits per heavy atom. The fourth-order valence-electron chi connectivity index (χ4n) is 4.04. The van der Waals surface area contributed by atoms with E-state index in [4.69, 9.17) is 14.2 Å². The fraction of sp³-hybridized carbons (Fsp3) is 0.520. The summed E-state index contributed by atoms with van der Waals surface area (Å²) in [6.45, 7) is 3.46. The zero-order valence-electron chi connectivity index (χ0n) is 18.1. The molecule has 0 heterocycles. The Balaban J connectivity index is 1.64. The van der Waals surface area contributed by atoms with Gasteiger partial charge < -0.3 is 24.6 Å². The topological polar surface area (TPSA) is 60.0 Å². The van der Waals surface area contributed by atoms with Crippen molar-refractivity contribution in [1.82, 2.24) is 5.32 Å². The third-order valence-corrected chi connectivity index (χ3v) is 5.64. The standard InChI is InChI=1S/C25H35NO4/c1-3-10-21(27)18-30-25-23(29-17-20-13-8-5-9-14-20)15-22(24(25)26-2)28-16-19-11-6-4-7-12-19/h4-9,11-14,21-27H,3,10,15-18H2,1-2H3/t21?,22-,23+,24+,25+/m0/s1. The molecule has 0 aliphatic heterocycles. The highest BCUT2D eigenvalue weighted by Gasteiger charge is 2.45. The number of likely N-dealkylation sites (N-methyl/N-ethyl adjacent to an activating group) is 1. The molecule has 1 unspecified atom stereocenters. The van der Waals surface area contributed by atoms with Gasteiger partial charge in [0.15, 0.2) is 0 Å². The van der Waals surface area contributed by atoms with E-state index in [1.165, 1.54) is 0 Å². The van der Waals surface area contributed by atoms with E-state index >= 15 is 0 Å². The van der Waals surface area contributed by atoms with Crippen LogP contribution in [0.5, 0.6) is 0 Å². The maximum absolute atomic E-state index is 10.2. The zero-order valence-corrected chi connectivity index (χ0v) is 18.1. The highest BCUT2D eigenvalue weighted by molar-refractivity contribution is 5.14.